The summed E-state index contributed by atoms with van der Waals surface area (Å²) in [7, 11) is 0. The highest BCUT2D eigenvalue weighted by atomic mass is 35.5. The molecule has 5 heteroatoms. The maximum absolute atomic E-state index is 13.7. The van der Waals surface area contributed by atoms with Crippen LogP contribution in [0.4, 0.5) is 0 Å². The minimum atomic E-state index is -0.937. The predicted octanol–water partition coefficient (Wildman–Crippen LogP) is 4.97. The van der Waals surface area contributed by atoms with E-state index in [-0.39, 0.29) is 11.8 Å². The first-order valence-corrected chi connectivity index (χ1v) is 10.5. The minimum absolute atomic E-state index is 0.0328. The van der Waals surface area contributed by atoms with Crippen LogP contribution in [-0.2, 0) is 16.9 Å². The Morgan fingerprint density at radius 2 is 1.67 bits per heavy atom. The molecule has 2 aliphatic rings. The normalized spacial score (nSPS) is 21.0. The van der Waals surface area contributed by atoms with Crippen LogP contribution in [0.15, 0.2) is 83.9 Å². The average molecular weight is 416 g/mol. The van der Waals surface area contributed by atoms with Gasteiger partial charge in [0.05, 0.1) is 6.54 Å². The lowest BCUT2D eigenvalue weighted by atomic mass is 9.83. The van der Waals surface area contributed by atoms with E-state index < -0.39 is 5.54 Å². The number of carbonyl (C=O) groups is 1. The fourth-order valence-electron chi connectivity index (χ4n) is 4.31. The standard InChI is InChI=1S/C25H22ClN3O/c26-22-11-5-9-19(15-22)18-8-4-10-21(14-18)25(20-12-13-20)23(30)29(24(27)28-25)16-17-6-2-1-3-7-17/h1-11,14-15,20H,12-13,16H2,(H2,27,28). The Balaban J connectivity index is 1.55. The van der Waals surface area contributed by atoms with Gasteiger partial charge in [-0.25, -0.2) is 4.99 Å². The Bertz CT molecular complexity index is 1140. The fourth-order valence-corrected chi connectivity index (χ4v) is 4.50. The van der Waals surface area contributed by atoms with Gasteiger partial charge in [0.25, 0.3) is 5.91 Å². The largest absolute Gasteiger partial charge is 0.369 e. The number of hydrogen-bond donors (Lipinski definition) is 1. The second-order valence-corrected chi connectivity index (χ2v) is 8.42. The molecular weight excluding hydrogens is 394 g/mol. The molecule has 5 rings (SSSR count). The van der Waals surface area contributed by atoms with Gasteiger partial charge in [-0.2, -0.15) is 0 Å². The summed E-state index contributed by atoms with van der Waals surface area (Å²) in [6.45, 7) is 0.428. The highest BCUT2D eigenvalue weighted by Gasteiger charge is 2.58. The molecule has 4 nitrogen and oxygen atoms in total. The maximum atomic E-state index is 13.7. The number of halogens is 1. The van der Waals surface area contributed by atoms with Crippen LogP contribution < -0.4 is 5.73 Å². The van der Waals surface area contributed by atoms with Crippen molar-refractivity contribution in [2.24, 2.45) is 16.6 Å². The fraction of sp³-hybridized carbons (Fsp3) is 0.200. The Labute approximate surface area is 181 Å². The molecule has 0 bridgehead atoms. The van der Waals surface area contributed by atoms with Crippen molar-refractivity contribution < 1.29 is 4.79 Å². The van der Waals surface area contributed by atoms with Crippen LogP contribution in [0.5, 0.6) is 0 Å². The SMILES string of the molecule is NC1=NC(c2cccc(-c3cccc(Cl)c3)c2)(C2CC2)C(=O)N1Cc1ccccc1. The number of nitrogens with zero attached hydrogens (tertiary/aromatic N) is 2. The Hall–Kier alpha value is -3.11. The summed E-state index contributed by atoms with van der Waals surface area (Å²) in [5.74, 6) is 0.442. The van der Waals surface area contributed by atoms with E-state index in [1.165, 1.54) is 0 Å². The molecular formula is C25H22ClN3O. The molecule has 3 aromatic carbocycles. The molecule has 0 saturated heterocycles. The highest BCUT2D eigenvalue weighted by molar-refractivity contribution is 6.30. The zero-order valence-electron chi connectivity index (χ0n) is 16.5. The summed E-state index contributed by atoms with van der Waals surface area (Å²) in [5, 5.41) is 0.683. The first kappa shape index (κ1) is 18.9. The Kier molecular flexibility index (Phi) is 4.59. The van der Waals surface area contributed by atoms with Gasteiger partial charge >= 0.3 is 0 Å². The average Bonchev–Trinajstić information content (AvgIpc) is 3.58. The van der Waals surface area contributed by atoms with Crippen LogP contribution in [0.25, 0.3) is 11.1 Å². The first-order chi connectivity index (χ1) is 14.6. The van der Waals surface area contributed by atoms with Crippen molar-refractivity contribution in [3.63, 3.8) is 0 Å². The zero-order chi connectivity index (χ0) is 20.7. The molecule has 1 unspecified atom stereocenters. The van der Waals surface area contributed by atoms with E-state index in [2.05, 4.69) is 6.07 Å². The molecule has 1 saturated carbocycles. The van der Waals surface area contributed by atoms with E-state index in [1.807, 2.05) is 72.8 Å². The molecule has 0 spiro atoms. The van der Waals surface area contributed by atoms with Crippen molar-refractivity contribution in [1.82, 2.24) is 4.90 Å². The van der Waals surface area contributed by atoms with E-state index in [0.717, 1.165) is 35.1 Å². The molecule has 3 aromatic rings. The van der Waals surface area contributed by atoms with Crippen LogP contribution in [0.1, 0.15) is 24.0 Å². The van der Waals surface area contributed by atoms with Gasteiger partial charge in [-0.05, 0) is 59.2 Å². The lowest BCUT2D eigenvalue weighted by molar-refractivity contribution is -0.132. The predicted molar refractivity (Wildman–Crippen MR) is 120 cm³/mol. The Morgan fingerprint density at radius 3 is 2.37 bits per heavy atom. The molecule has 1 aliphatic carbocycles. The number of benzene rings is 3. The smallest absolute Gasteiger partial charge is 0.262 e. The van der Waals surface area contributed by atoms with Gasteiger partial charge in [0.15, 0.2) is 11.5 Å². The van der Waals surface area contributed by atoms with E-state index in [4.69, 9.17) is 22.3 Å². The van der Waals surface area contributed by atoms with Crippen LogP contribution >= 0.6 is 11.6 Å². The van der Waals surface area contributed by atoms with Crippen molar-refractivity contribution in [2.75, 3.05) is 0 Å². The molecule has 1 amide bonds. The first-order valence-electron chi connectivity index (χ1n) is 10.2. The van der Waals surface area contributed by atoms with Crippen molar-refractivity contribution >= 4 is 23.5 Å². The third kappa shape index (κ3) is 3.17. The third-order valence-electron chi connectivity index (χ3n) is 5.95. The summed E-state index contributed by atoms with van der Waals surface area (Å²) in [6.07, 6.45) is 1.95. The molecule has 150 valence electrons. The lowest BCUT2D eigenvalue weighted by Gasteiger charge is -2.27. The van der Waals surface area contributed by atoms with Gasteiger partial charge in [-0.15, -0.1) is 0 Å². The van der Waals surface area contributed by atoms with Crippen LogP contribution in [-0.4, -0.2) is 16.8 Å². The van der Waals surface area contributed by atoms with Gasteiger partial charge in [0.1, 0.15) is 0 Å². The van der Waals surface area contributed by atoms with Crippen LogP contribution in [0.2, 0.25) is 5.02 Å². The summed E-state index contributed by atoms with van der Waals surface area (Å²) >= 11 is 6.19. The van der Waals surface area contributed by atoms with Crippen LogP contribution in [0.3, 0.4) is 0 Å². The Morgan fingerprint density at radius 1 is 0.967 bits per heavy atom. The molecule has 1 heterocycles. The molecule has 1 fully saturated rings. The summed E-state index contributed by atoms with van der Waals surface area (Å²) in [5.41, 5.74) is 9.32. The molecule has 0 radical (unpaired) electrons. The molecule has 1 atom stereocenters. The molecule has 30 heavy (non-hydrogen) atoms. The number of amides is 1. The van der Waals surface area contributed by atoms with Gasteiger partial charge in [0.2, 0.25) is 0 Å². The molecule has 1 aliphatic heterocycles. The number of hydrogen-bond acceptors (Lipinski definition) is 3. The number of carbonyl (C=O) groups excluding carboxylic acids is 1. The second kappa shape index (κ2) is 7.29. The van der Waals surface area contributed by atoms with E-state index in [0.29, 0.717) is 17.5 Å². The third-order valence-corrected chi connectivity index (χ3v) is 6.19. The minimum Gasteiger partial charge on any atom is -0.369 e. The van der Waals surface area contributed by atoms with Crippen molar-refractivity contribution in [3.8, 4) is 11.1 Å². The highest BCUT2D eigenvalue weighted by Crippen LogP contribution is 2.52. The maximum Gasteiger partial charge on any atom is 0.262 e. The van der Waals surface area contributed by atoms with E-state index in [1.54, 1.807) is 4.90 Å². The summed E-state index contributed by atoms with van der Waals surface area (Å²) in [6, 6.07) is 25.7. The second-order valence-electron chi connectivity index (χ2n) is 7.98. The number of rotatable bonds is 5. The summed E-state index contributed by atoms with van der Waals surface area (Å²) in [4.78, 5) is 20.2. The number of aliphatic imine (C=N–C) groups is 1. The van der Waals surface area contributed by atoms with Gasteiger partial charge in [-0.1, -0.05) is 72.3 Å². The molecule has 0 aromatic heterocycles. The van der Waals surface area contributed by atoms with Crippen molar-refractivity contribution in [3.05, 3.63) is 95.0 Å². The van der Waals surface area contributed by atoms with Gasteiger partial charge in [-0.3, -0.25) is 9.69 Å². The topological polar surface area (TPSA) is 58.7 Å². The zero-order valence-corrected chi connectivity index (χ0v) is 17.2. The lowest BCUT2D eigenvalue weighted by Crippen LogP contribution is -2.43. The monoisotopic (exact) mass is 415 g/mol. The van der Waals surface area contributed by atoms with E-state index in [9.17, 15) is 4.79 Å². The summed E-state index contributed by atoms with van der Waals surface area (Å²) < 4.78 is 0. The van der Waals surface area contributed by atoms with Crippen LogP contribution in [0, 0.1) is 5.92 Å². The van der Waals surface area contributed by atoms with Crippen molar-refractivity contribution in [1.29, 1.82) is 0 Å². The quantitative estimate of drug-likeness (QED) is 0.639. The molecule has 2 N–H and O–H groups in total. The number of guanidine groups is 1. The van der Waals surface area contributed by atoms with Gasteiger partial charge < -0.3 is 5.73 Å². The number of nitrogens with two attached hydrogens (primary N) is 1. The van der Waals surface area contributed by atoms with Gasteiger partial charge in [0, 0.05) is 5.02 Å². The van der Waals surface area contributed by atoms with E-state index >= 15 is 0 Å². The van der Waals surface area contributed by atoms with Crippen molar-refractivity contribution in [2.45, 2.75) is 24.9 Å².